The van der Waals surface area contributed by atoms with E-state index in [1.165, 1.54) is 11.1 Å². The molecule has 0 spiro atoms. The summed E-state index contributed by atoms with van der Waals surface area (Å²) in [5.74, 6) is 0.851. The average molecular weight is 349 g/mol. The van der Waals surface area contributed by atoms with Gasteiger partial charge in [-0.2, -0.15) is 0 Å². The maximum absolute atomic E-state index is 12.0. The minimum atomic E-state index is -0.269. The lowest BCUT2D eigenvalue weighted by atomic mass is 9.99. The summed E-state index contributed by atoms with van der Waals surface area (Å²) in [6, 6.07) is 10.7. The molecule has 1 aromatic heterocycles. The van der Waals surface area contributed by atoms with Crippen LogP contribution >= 0.6 is 0 Å². The molecule has 0 bridgehead atoms. The Morgan fingerprint density at radius 1 is 1.00 bits per heavy atom. The van der Waals surface area contributed by atoms with Crippen molar-refractivity contribution < 1.29 is 9.15 Å². The molecule has 0 radical (unpaired) electrons. The first-order chi connectivity index (χ1) is 12.4. The molecule has 0 saturated heterocycles. The minimum Gasteiger partial charge on any atom is -0.477 e. The fraction of sp³-hybridized carbons (Fsp3) is 0.318. The molecule has 0 atom stereocenters. The molecule has 4 nitrogen and oxygen atoms in total. The predicted octanol–water partition coefficient (Wildman–Crippen LogP) is 4.38. The summed E-state index contributed by atoms with van der Waals surface area (Å²) in [6.07, 6.45) is 0. The molecule has 0 aliphatic carbocycles. The largest absolute Gasteiger partial charge is 0.477 e. The molecular weight excluding hydrogens is 326 g/mol. The summed E-state index contributed by atoms with van der Waals surface area (Å²) in [5, 5.41) is 0.999. The van der Waals surface area contributed by atoms with Crippen molar-refractivity contribution in [3.63, 3.8) is 0 Å². The first-order valence-corrected chi connectivity index (χ1v) is 8.91. The summed E-state index contributed by atoms with van der Waals surface area (Å²) in [5.41, 5.74) is 6.63. The third-order valence-electron chi connectivity index (χ3n) is 5.32. The van der Waals surface area contributed by atoms with Gasteiger partial charge in [-0.15, -0.1) is 0 Å². The Labute approximate surface area is 153 Å². The van der Waals surface area contributed by atoms with Crippen molar-refractivity contribution in [1.82, 2.24) is 4.90 Å². The third-order valence-corrected chi connectivity index (χ3v) is 5.32. The van der Waals surface area contributed by atoms with E-state index in [0.29, 0.717) is 17.9 Å². The van der Waals surface area contributed by atoms with E-state index in [1.807, 2.05) is 20.8 Å². The van der Waals surface area contributed by atoms with Gasteiger partial charge in [0, 0.05) is 35.2 Å². The second kappa shape index (κ2) is 6.29. The van der Waals surface area contributed by atoms with Crippen LogP contribution in [0.4, 0.5) is 0 Å². The number of ether oxygens (including phenoxy) is 1. The number of aryl methyl sites for hydroxylation is 3. The molecule has 4 rings (SSSR count). The zero-order valence-electron chi connectivity index (χ0n) is 15.7. The van der Waals surface area contributed by atoms with Crippen molar-refractivity contribution in [3.8, 4) is 5.75 Å². The van der Waals surface area contributed by atoms with Gasteiger partial charge < -0.3 is 9.15 Å². The number of hydrogen-bond donors (Lipinski definition) is 0. The van der Waals surface area contributed by atoms with E-state index in [4.69, 9.17) is 9.15 Å². The summed E-state index contributed by atoms with van der Waals surface area (Å²) in [4.78, 5) is 14.3. The van der Waals surface area contributed by atoms with Gasteiger partial charge >= 0.3 is 5.63 Å². The average Bonchev–Trinajstić information content (AvgIpc) is 2.63. The maximum atomic E-state index is 12.0. The highest BCUT2D eigenvalue weighted by Crippen LogP contribution is 2.36. The molecule has 0 N–H and O–H groups in total. The van der Waals surface area contributed by atoms with Gasteiger partial charge in [0.05, 0.1) is 0 Å². The van der Waals surface area contributed by atoms with Crippen LogP contribution in [0, 0.1) is 27.7 Å². The lowest BCUT2D eigenvalue weighted by molar-refractivity contribution is 0.0881. The van der Waals surface area contributed by atoms with Gasteiger partial charge in [0.15, 0.2) is 0 Å². The summed E-state index contributed by atoms with van der Waals surface area (Å²) in [7, 11) is 0. The van der Waals surface area contributed by atoms with Crippen molar-refractivity contribution in [3.05, 3.63) is 74.1 Å². The topological polar surface area (TPSA) is 42.7 Å². The molecule has 0 saturated carbocycles. The van der Waals surface area contributed by atoms with Crippen molar-refractivity contribution in [2.75, 3.05) is 6.73 Å². The zero-order chi connectivity index (χ0) is 18.4. The Kier molecular flexibility index (Phi) is 4.08. The predicted molar refractivity (Wildman–Crippen MR) is 103 cm³/mol. The number of nitrogens with zero attached hydrogens (tertiary/aromatic N) is 1. The molecule has 2 heterocycles. The Hall–Kier alpha value is -2.59. The Balaban J connectivity index is 1.71. The summed E-state index contributed by atoms with van der Waals surface area (Å²) < 4.78 is 11.6. The normalized spacial score (nSPS) is 14.3. The van der Waals surface area contributed by atoms with Gasteiger partial charge in [0.2, 0.25) is 0 Å². The second-order valence-electron chi connectivity index (χ2n) is 7.25. The first-order valence-electron chi connectivity index (χ1n) is 8.91. The highest BCUT2D eigenvalue weighted by molar-refractivity contribution is 5.87. The smallest absolute Gasteiger partial charge is 0.339 e. The van der Waals surface area contributed by atoms with Crippen molar-refractivity contribution in [2.24, 2.45) is 0 Å². The lowest BCUT2D eigenvalue weighted by Gasteiger charge is -2.30. The van der Waals surface area contributed by atoms with E-state index >= 15 is 0 Å². The number of fused-ring (bicyclic) bond motifs is 2. The molecule has 134 valence electrons. The van der Waals surface area contributed by atoms with Gasteiger partial charge in [0.1, 0.15) is 18.1 Å². The Bertz CT molecular complexity index is 1050. The van der Waals surface area contributed by atoms with Crippen LogP contribution in [0.5, 0.6) is 5.75 Å². The quantitative estimate of drug-likeness (QED) is 0.644. The SMILES string of the molecule is Cc1ccc(CN2COc3c(cc4c(C)c(C)c(=O)oc4c3C)C2)cc1. The van der Waals surface area contributed by atoms with Crippen molar-refractivity contribution in [1.29, 1.82) is 0 Å². The molecule has 1 aliphatic heterocycles. The molecule has 4 heteroatoms. The van der Waals surface area contributed by atoms with Gasteiger partial charge in [-0.1, -0.05) is 29.8 Å². The summed E-state index contributed by atoms with van der Waals surface area (Å²) in [6.45, 7) is 10.1. The van der Waals surface area contributed by atoms with E-state index in [0.717, 1.165) is 40.9 Å². The van der Waals surface area contributed by atoms with E-state index in [9.17, 15) is 4.79 Å². The second-order valence-corrected chi connectivity index (χ2v) is 7.25. The Morgan fingerprint density at radius 3 is 2.46 bits per heavy atom. The molecule has 2 aromatic carbocycles. The van der Waals surface area contributed by atoms with Gasteiger partial charge in [-0.3, -0.25) is 4.90 Å². The highest BCUT2D eigenvalue weighted by atomic mass is 16.5. The van der Waals surface area contributed by atoms with Crippen LogP contribution < -0.4 is 10.4 Å². The fourth-order valence-electron chi connectivity index (χ4n) is 3.60. The van der Waals surface area contributed by atoms with E-state index in [-0.39, 0.29) is 5.63 Å². The monoisotopic (exact) mass is 349 g/mol. The van der Waals surface area contributed by atoms with Crippen LogP contribution in [0.1, 0.15) is 33.4 Å². The summed E-state index contributed by atoms with van der Waals surface area (Å²) >= 11 is 0. The lowest BCUT2D eigenvalue weighted by Crippen LogP contribution is -2.32. The van der Waals surface area contributed by atoms with Crippen LogP contribution in [0.25, 0.3) is 11.0 Å². The van der Waals surface area contributed by atoms with Crippen LogP contribution in [0.3, 0.4) is 0 Å². The molecule has 0 amide bonds. The van der Waals surface area contributed by atoms with Gasteiger partial charge in [-0.25, -0.2) is 4.79 Å². The molecule has 0 unspecified atom stereocenters. The van der Waals surface area contributed by atoms with Crippen LogP contribution in [-0.2, 0) is 13.1 Å². The molecular formula is C22H23NO3. The van der Waals surface area contributed by atoms with Crippen molar-refractivity contribution >= 4 is 11.0 Å². The standard InChI is InChI=1S/C22H23NO3/c1-13-5-7-17(8-6-13)10-23-11-18-9-19-14(2)15(3)22(24)26-21(19)16(4)20(18)25-12-23/h5-9H,10-12H2,1-4H3. The number of benzene rings is 2. The number of rotatable bonds is 2. The molecule has 3 aromatic rings. The third kappa shape index (κ3) is 2.80. The van der Waals surface area contributed by atoms with E-state index in [1.54, 1.807) is 0 Å². The van der Waals surface area contributed by atoms with Gasteiger partial charge in [0.25, 0.3) is 0 Å². The molecule has 1 aliphatic rings. The van der Waals surface area contributed by atoms with Crippen LogP contribution in [0.2, 0.25) is 0 Å². The highest BCUT2D eigenvalue weighted by Gasteiger charge is 2.23. The van der Waals surface area contributed by atoms with Crippen LogP contribution in [-0.4, -0.2) is 11.6 Å². The van der Waals surface area contributed by atoms with Gasteiger partial charge in [-0.05, 0) is 44.9 Å². The van der Waals surface area contributed by atoms with Crippen molar-refractivity contribution in [2.45, 2.75) is 40.8 Å². The maximum Gasteiger partial charge on any atom is 0.339 e. The van der Waals surface area contributed by atoms with E-state index < -0.39 is 0 Å². The van der Waals surface area contributed by atoms with E-state index in [2.05, 4.69) is 42.2 Å². The first kappa shape index (κ1) is 16.9. The fourth-order valence-corrected chi connectivity index (χ4v) is 3.60. The zero-order valence-corrected chi connectivity index (χ0v) is 15.7. The minimum absolute atomic E-state index is 0.269. The molecule has 26 heavy (non-hydrogen) atoms. The number of hydrogen-bond acceptors (Lipinski definition) is 4. The Morgan fingerprint density at radius 2 is 1.73 bits per heavy atom. The molecule has 0 fully saturated rings. The van der Waals surface area contributed by atoms with Crippen LogP contribution in [0.15, 0.2) is 39.5 Å².